The average Bonchev–Trinajstić information content (AvgIpc) is 2.42. The van der Waals surface area contributed by atoms with Crippen molar-refractivity contribution in [1.82, 2.24) is 10.2 Å². The number of likely N-dealkylation sites (tertiary alicyclic amines) is 1. The van der Waals surface area contributed by atoms with Crippen LogP contribution in [0.4, 0.5) is 10.5 Å². The number of amides is 3. The molecule has 1 aromatic carbocycles. The number of hydrogen-bond donors (Lipinski definition) is 2. The van der Waals surface area contributed by atoms with Crippen LogP contribution in [0.2, 0.25) is 0 Å². The highest BCUT2D eigenvalue weighted by molar-refractivity contribution is 5.90. The van der Waals surface area contributed by atoms with Gasteiger partial charge in [-0.1, -0.05) is 18.2 Å². The van der Waals surface area contributed by atoms with Gasteiger partial charge in [-0.25, -0.2) is 4.79 Å². The summed E-state index contributed by atoms with van der Waals surface area (Å²) in [7, 11) is 0. The number of benzene rings is 1. The van der Waals surface area contributed by atoms with Crippen molar-refractivity contribution in [3.05, 3.63) is 29.8 Å². The number of para-hydroxylation sites is 1. The highest BCUT2D eigenvalue weighted by Crippen LogP contribution is 2.14. The van der Waals surface area contributed by atoms with Crippen molar-refractivity contribution >= 4 is 17.6 Å². The van der Waals surface area contributed by atoms with Crippen LogP contribution >= 0.6 is 0 Å². The minimum Gasteiger partial charge on any atom is -0.343 e. The van der Waals surface area contributed by atoms with E-state index >= 15 is 0 Å². The second kappa shape index (κ2) is 6.41. The molecule has 20 heavy (non-hydrogen) atoms. The molecule has 1 aliphatic rings. The van der Waals surface area contributed by atoms with Crippen molar-refractivity contribution in [1.29, 1.82) is 0 Å². The number of carbonyl (C=O) groups is 2. The fraction of sp³-hybridized carbons (Fsp3) is 0.467. The Morgan fingerprint density at radius 3 is 2.45 bits per heavy atom. The maximum absolute atomic E-state index is 11.9. The summed E-state index contributed by atoms with van der Waals surface area (Å²) >= 11 is 0. The van der Waals surface area contributed by atoms with Gasteiger partial charge in [0.15, 0.2) is 0 Å². The maximum atomic E-state index is 11.9. The lowest BCUT2D eigenvalue weighted by Gasteiger charge is -2.31. The first-order chi connectivity index (χ1) is 9.56. The van der Waals surface area contributed by atoms with Crippen LogP contribution < -0.4 is 10.6 Å². The van der Waals surface area contributed by atoms with Gasteiger partial charge in [-0.05, 0) is 31.4 Å². The van der Waals surface area contributed by atoms with Gasteiger partial charge in [-0.3, -0.25) is 4.79 Å². The molecule has 1 aliphatic heterocycles. The normalized spacial score (nSPS) is 15.8. The van der Waals surface area contributed by atoms with E-state index in [1.165, 1.54) is 0 Å². The van der Waals surface area contributed by atoms with E-state index in [1.54, 1.807) is 6.92 Å². The molecule has 0 atom stereocenters. The van der Waals surface area contributed by atoms with Crippen molar-refractivity contribution < 1.29 is 9.59 Å². The standard InChI is InChI=1S/C15H21N3O2/c1-11-5-3-4-6-14(11)17-15(20)16-13-7-9-18(10-8-13)12(2)19/h3-6,13H,7-10H2,1-2H3,(H2,16,17,20). The van der Waals surface area contributed by atoms with Gasteiger partial charge < -0.3 is 15.5 Å². The summed E-state index contributed by atoms with van der Waals surface area (Å²) < 4.78 is 0. The zero-order valence-corrected chi connectivity index (χ0v) is 12.0. The van der Waals surface area contributed by atoms with Crippen LogP contribution in [0.5, 0.6) is 0 Å². The molecule has 0 unspecified atom stereocenters. The molecular formula is C15H21N3O2. The van der Waals surface area contributed by atoms with Crippen LogP contribution in [0.1, 0.15) is 25.3 Å². The van der Waals surface area contributed by atoms with Crippen molar-refractivity contribution in [2.45, 2.75) is 32.7 Å². The van der Waals surface area contributed by atoms with Crippen molar-refractivity contribution in [2.75, 3.05) is 18.4 Å². The van der Waals surface area contributed by atoms with Crippen LogP contribution in [-0.4, -0.2) is 36.0 Å². The first-order valence-electron chi connectivity index (χ1n) is 6.95. The molecule has 5 nitrogen and oxygen atoms in total. The van der Waals surface area contributed by atoms with E-state index < -0.39 is 0 Å². The maximum Gasteiger partial charge on any atom is 0.319 e. The Hall–Kier alpha value is -2.04. The molecule has 0 aromatic heterocycles. The number of nitrogens with one attached hydrogen (secondary N) is 2. The Labute approximate surface area is 119 Å². The SMILES string of the molecule is CC(=O)N1CCC(NC(=O)Nc2ccccc2C)CC1. The van der Waals surface area contributed by atoms with Crippen molar-refractivity contribution in [3.8, 4) is 0 Å². The lowest BCUT2D eigenvalue weighted by atomic mass is 10.1. The summed E-state index contributed by atoms with van der Waals surface area (Å²) in [6, 6.07) is 7.63. The van der Waals surface area contributed by atoms with E-state index in [9.17, 15) is 9.59 Å². The number of carbonyl (C=O) groups excluding carboxylic acids is 2. The Bertz CT molecular complexity index is 494. The predicted molar refractivity (Wildman–Crippen MR) is 78.6 cm³/mol. The lowest BCUT2D eigenvalue weighted by molar-refractivity contribution is -0.129. The molecule has 0 bridgehead atoms. The smallest absolute Gasteiger partial charge is 0.319 e. The predicted octanol–water partition coefficient (Wildman–Crippen LogP) is 2.13. The molecule has 1 aromatic rings. The number of hydrogen-bond acceptors (Lipinski definition) is 2. The number of urea groups is 1. The Morgan fingerprint density at radius 2 is 1.85 bits per heavy atom. The van der Waals surface area contributed by atoms with E-state index in [4.69, 9.17) is 0 Å². The number of anilines is 1. The molecule has 1 fully saturated rings. The summed E-state index contributed by atoms with van der Waals surface area (Å²) in [5.74, 6) is 0.104. The van der Waals surface area contributed by atoms with Crippen molar-refractivity contribution in [3.63, 3.8) is 0 Å². The molecule has 3 amide bonds. The van der Waals surface area contributed by atoms with E-state index in [0.717, 1.165) is 24.1 Å². The van der Waals surface area contributed by atoms with Gasteiger partial charge in [-0.15, -0.1) is 0 Å². The van der Waals surface area contributed by atoms with Crippen LogP contribution in [0.25, 0.3) is 0 Å². The van der Waals surface area contributed by atoms with Crippen LogP contribution in [-0.2, 0) is 4.79 Å². The molecule has 5 heteroatoms. The molecule has 0 radical (unpaired) electrons. The van der Waals surface area contributed by atoms with Gasteiger partial charge in [0.05, 0.1) is 0 Å². The van der Waals surface area contributed by atoms with E-state index in [0.29, 0.717) is 13.1 Å². The second-order valence-corrected chi connectivity index (χ2v) is 5.19. The number of nitrogens with zero attached hydrogens (tertiary/aromatic N) is 1. The van der Waals surface area contributed by atoms with Gasteiger partial charge in [0.25, 0.3) is 0 Å². The van der Waals surface area contributed by atoms with Crippen LogP contribution in [0.15, 0.2) is 24.3 Å². The largest absolute Gasteiger partial charge is 0.343 e. The molecule has 0 saturated carbocycles. The van der Waals surface area contributed by atoms with Gasteiger partial charge in [0.2, 0.25) is 5.91 Å². The van der Waals surface area contributed by atoms with E-state index in [2.05, 4.69) is 10.6 Å². The third kappa shape index (κ3) is 3.73. The monoisotopic (exact) mass is 275 g/mol. The number of aryl methyl sites for hydroxylation is 1. The Kier molecular flexibility index (Phi) is 4.61. The average molecular weight is 275 g/mol. The topological polar surface area (TPSA) is 61.4 Å². The van der Waals surface area contributed by atoms with Gasteiger partial charge >= 0.3 is 6.03 Å². The van der Waals surface area contributed by atoms with Gasteiger partial charge in [-0.2, -0.15) is 0 Å². The molecule has 0 aliphatic carbocycles. The van der Waals surface area contributed by atoms with E-state index in [1.807, 2.05) is 36.1 Å². The summed E-state index contributed by atoms with van der Waals surface area (Å²) in [6.07, 6.45) is 1.61. The minimum atomic E-state index is -0.180. The lowest BCUT2D eigenvalue weighted by Crippen LogP contribution is -2.47. The number of rotatable bonds is 2. The quantitative estimate of drug-likeness (QED) is 0.868. The Morgan fingerprint density at radius 1 is 1.20 bits per heavy atom. The zero-order valence-electron chi connectivity index (χ0n) is 12.0. The zero-order chi connectivity index (χ0) is 14.5. The molecule has 2 rings (SSSR count). The molecule has 2 N–H and O–H groups in total. The van der Waals surface area contributed by atoms with Gasteiger partial charge in [0, 0.05) is 31.7 Å². The molecule has 1 heterocycles. The summed E-state index contributed by atoms with van der Waals surface area (Å²) in [4.78, 5) is 25.0. The highest BCUT2D eigenvalue weighted by atomic mass is 16.2. The minimum absolute atomic E-state index is 0.104. The van der Waals surface area contributed by atoms with Crippen molar-refractivity contribution in [2.24, 2.45) is 0 Å². The number of piperidine rings is 1. The second-order valence-electron chi connectivity index (χ2n) is 5.19. The van der Waals surface area contributed by atoms with Gasteiger partial charge in [0.1, 0.15) is 0 Å². The summed E-state index contributed by atoms with van der Waals surface area (Å²) in [6.45, 7) is 4.97. The third-order valence-corrected chi connectivity index (χ3v) is 3.67. The highest BCUT2D eigenvalue weighted by Gasteiger charge is 2.21. The summed E-state index contributed by atoms with van der Waals surface area (Å²) in [5.41, 5.74) is 1.86. The first-order valence-corrected chi connectivity index (χ1v) is 6.95. The van der Waals surface area contributed by atoms with E-state index in [-0.39, 0.29) is 18.0 Å². The Balaban J connectivity index is 1.81. The van der Waals surface area contributed by atoms with Crippen LogP contribution in [0, 0.1) is 6.92 Å². The molecular weight excluding hydrogens is 254 g/mol. The molecule has 108 valence electrons. The molecule has 0 spiro atoms. The fourth-order valence-electron chi connectivity index (χ4n) is 2.40. The fourth-order valence-corrected chi connectivity index (χ4v) is 2.40. The first kappa shape index (κ1) is 14.4. The molecule has 1 saturated heterocycles. The van der Waals surface area contributed by atoms with Crippen LogP contribution in [0.3, 0.4) is 0 Å². The third-order valence-electron chi connectivity index (χ3n) is 3.67. The summed E-state index contributed by atoms with van der Waals surface area (Å²) in [5, 5.41) is 5.83.